The Morgan fingerprint density at radius 2 is 2.03 bits per heavy atom. The fourth-order valence-corrected chi connectivity index (χ4v) is 3.57. The van der Waals surface area contributed by atoms with E-state index in [9.17, 15) is 9.18 Å². The van der Waals surface area contributed by atoms with Gasteiger partial charge < -0.3 is 14.2 Å². The topological polar surface area (TPSA) is 71.0 Å². The van der Waals surface area contributed by atoms with E-state index in [1.807, 2.05) is 36.4 Å². The number of halogens is 1. The molecule has 0 saturated carbocycles. The molecule has 1 N–H and O–H groups in total. The summed E-state index contributed by atoms with van der Waals surface area (Å²) in [6, 6.07) is 18.8. The number of hydrazone groups is 1. The lowest BCUT2D eigenvalue weighted by Gasteiger charge is -2.20. The van der Waals surface area contributed by atoms with Crippen LogP contribution in [0.4, 0.5) is 10.1 Å². The fourth-order valence-electron chi connectivity index (χ4n) is 3.57. The SMILES string of the molecule is O=C(CNc1cccc(F)c1)N1N=C(c2cc3ccccc3o2)CC1c1ccco1. The highest BCUT2D eigenvalue weighted by molar-refractivity contribution is 6.03. The van der Waals surface area contributed by atoms with E-state index in [0.717, 1.165) is 11.0 Å². The molecule has 2 aromatic heterocycles. The summed E-state index contributed by atoms with van der Waals surface area (Å²) in [5, 5.41) is 9.89. The van der Waals surface area contributed by atoms with Gasteiger partial charge in [0.2, 0.25) is 0 Å². The number of anilines is 1. The van der Waals surface area contributed by atoms with Crippen LogP contribution in [0.5, 0.6) is 0 Å². The monoisotopic (exact) mass is 403 g/mol. The van der Waals surface area contributed by atoms with Gasteiger partial charge in [-0.15, -0.1) is 0 Å². The molecule has 0 saturated heterocycles. The number of benzene rings is 2. The maximum atomic E-state index is 13.4. The largest absolute Gasteiger partial charge is 0.467 e. The van der Waals surface area contributed by atoms with Crippen molar-refractivity contribution in [3.05, 3.63) is 90.3 Å². The van der Waals surface area contributed by atoms with Gasteiger partial charge in [0.1, 0.15) is 28.9 Å². The van der Waals surface area contributed by atoms with Gasteiger partial charge in [-0.1, -0.05) is 24.3 Å². The molecular weight excluding hydrogens is 385 g/mol. The Kier molecular flexibility index (Phi) is 4.55. The number of rotatable bonds is 5. The van der Waals surface area contributed by atoms with Crippen molar-refractivity contribution in [2.45, 2.75) is 12.5 Å². The normalized spacial score (nSPS) is 16.1. The smallest absolute Gasteiger partial charge is 0.262 e. The first kappa shape index (κ1) is 18.2. The Balaban J connectivity index is 1.41. The van der Waals surface area contributed by atoms with Crippen molar-refractivity contribution in [2.24, 2.45) is 5.10 Å². The number of hydrogen-bond donors (Lipinski definition) is 1. The van der Waals surface area contributed by atoms with Crippen LogP contribution >= 0.6 is 0 Å². The van der Waals surface area contributed by atoms with Gasteiger partial charge in [-0.2, -0.15) is 5.10 Å². The third-order valence-corrected chi connectivity index (χ3v) is 5.02. The van der Waals surface area contributed by atoms with Crippen LogP contribution in [0.3, 0.4) is 0 Å². The highest BCUT2D eigenvalue weighted by Gasteiger charge is 2.35. The molecule has 30 heavy (non-hydrogen) atoms. The molecule has 3 heterocycles. The van der Waals surface area contributed by atoms with Gasteiger partial charge in [-0.25, -0.2) is 9.40 Å². The van der Waals surface area contributed by atoms with E-state index in [1.165, 1.54) is 17.1 Å². The minimum absolute atomic E-state index is 0.0302. The molecule has 2 aromatic carbocycles. The molecule has 1 unspecified atom stereocenters. The predicted molar refractivity (Wildman–Crippen MR) is 111 cm³/mol. The molecule has 4 aromatic rings. The fraction of sp³-hybridized carbons (Fsp3) is 0.130. The number of fused-ring (bicyclic) bond motifs is 1. The van der Waals surface area contributed by atoms with Crippen LogP contribution in [-0.4, -0.2) is 23.2 Å². The molecular formula is C23H18FN3O3. The molecule has 150 valence electrons. The van der Waals surface area contributed by atoms with Crippen molar-refractivity contribution in [3.8, 4) is 0 Å². The van der Waals surface area contributed by atoms with E-state index in [-0.39, 0.29) is 24.3 Å². The van der Waals surface area contributed by atoms with Crippen LogP contribution in [0.1, 0.15) is 24.0 Å². The third-order valence-electron chi connectivity index (χ3n) is 5.02. The molecule has 0 aliphatic carbocycles. The van der Waals surface area contributed by atoms with Crippen molar-refractivity contribution >= 4 is 28.3 Å². The van der Waals surface area contributed by atoms with Gasteiger partial charge in [0.15, 0.2) is 5.76 Å². The van der Waals surface area contributed by atoms with E-state index in [4.69, 9.17) is 8.83 Å². The molecule has 1 amide bonds. The number of nitrogens with one attached hydrogen (secondary N) is 1. The molecule has 1 aliphatic rings. The zero-order chi connectivity index (χ0) is 20.5. The number of furan rings is 2. The molecule has 0 bridgehead atoms. The zero-order valence-electron chi connectivity index (χ0n) is 15.9. The second-order valence-electron chi connectivity index (χ2n) is 7.03. The maximum Gasteiger partial charge on any atom is 0.262 e. The molecule has 0 radical (unpaired) electrons. The quantitative estimate of drug-likeness (QED) is 0.512. The molecule has 5 rings (SSSR count). The van der Waals surface area contributed by atoms with Crippen LogP contribution in [0, 0.1) is 5.82 Å². The first-order valence-electron chi connectivity index (χ1n) is 9.59. The van der Waals surface area contributed by atoms with Crippen molar-refractivity contribution in [1.29, 1.82) is 0 Å². The van der Waals surface area contributed by atoms with Crippen LogP contribution in [0.25, 0.3) is 11.0 Å². The minimum Gasteiger partial charge on any atom is -0.467 e. The second kappa shape index (κ2) is 7.51. The number of carbonyl (C=O) groups is 1. The van der Waals surface area contributed by atoms with Gasteiger partial charge in [0.05, 0.1) is 12.8 Å². The molecule has 0 spiro atoms. The lowest BCUT2D eigenvalue weighted by Crippen LogP contribution is -2.32. The molecule has 1 aliphatic heterocycles. The molecule has 0 fully saturated rings. The van der Waals surface area contributed by atoms with E-state index < -0.39 is 0 Å². The molecule has 1 atom stereocenters. The van der Waals surface area contributed by atoms with Crippen molar-refractivity contribution in [2.75, 3.05) is 11.9 Å². The Hall–Kier alpha value is -3.87. The highest BCUT2D eigenvalue weighted by atomic mass is 19.1. The van der Waals surface area contributed by atoms with E-state index >= 15 is 0 Å². The predicted octanol–water partition coefficient (Wildman–Crippen LogP) is 4.95. The highest BCUT2D eigenvalue weighted by Crippen LogP contribution is 2.34. The number of nitrogens with zero attached hydrogens (tertiary/aromatic N) is 2. The zero-order valence-corrected chi connectivity index (χ0v) is 15.9. The first-order chi connectivity index (χ1) is 14.7. The van der Waals surface area contributed by atoms with Crippen LogP contribution < -0.4 is 5.32 Å². The van der Waals surface area contributed by atoms with Gasteiger partial charge in [-0.3, -0.25) is 4.79 Å². The maximum absolute atomic E-state index is 13.4. The van der Waals surface area contributed by atoms with Crippen molar-refractivity contribution in [1.82, 2.24) is 5.01 Å². The Bertz CT molecular complexity index is 1200. The lowest BCUT2D eigenvalue weighted by atomic mass is 10.1. The van der Waals surface area contributed by atoms with Crippen LogP contribution in [-0.2, 0) is 4.79 Å². The number of para-hydroxylation sites is 1. The first-order valence-corrected chi connectivity index (χ1v) is 9.59. The summed E-state index contributed by atoms with van der Waals surface area (Å²) in [6.45, 7) is -0.0302. The summed E-state index contributed by atoms with van der Waals surface area (Å²) in [7, 11) is 0. The Morgan fingerprint density at radius 1 is 1.13 bits per heavy atom. The average molecular weight is 403 g/mol. The number of amides is 1. The molecule has 7 heteroatoms. The van der Waals surface area contributed by atoms with Crippen LogP contribution in [0.2, 0.25) is 0 Å². The van der Waals surface area contributed by atoms with E-state index in [1.54, 1.807) is 24.5 Å². The Labute approximate surface area is 171 Å². The summed E-state index contributed by atoms with van der Waals surface area (Å²) in [5.74, 6) is 0.643. The van der Waals surface area contributed by atoms with Crippen LogP contribution in [0.15, 0.2) is 86.9 Å². The van der Waals surface area contributed by atoms with Crippen molar-refractivity contribution < 1.29 is 18.0 Å². The average Bonchev–Trinajstić information content (AvgIpc) is 3.50. The number of carbonyl (C=O) groups excluding carboxylic acids is 1. The summed E-state index contributed by atoms with van der Waals surface area (Å²) < 4.78 is 24.9. The number of hydrogen-bond acceptors (Lipinski definition) is 5. The minimum atomic E-state index is -0.370. The second-order valence-corrected chi connectivity index (χ2v) is 7.03. The lowest BCUT2D eigenvalue weighted by molar-refractivity contribution is -0.131. The standard InChI is InChI=1S/C23H18FN3O3/c24-16-6-3-7-17(12-16)25-14-23(28)27-19(21-9-4-10-29-21)13-18(26-27)22-11-15-5-1-2-8-20(15)30-22/h1-12,19,25H,13-14H2. The molecule has 6 nitrogen and oxygen atoms in total. The van der Waals surface area contributed by atoms with Gasteiger partial charge >= 0.3 is 0 Å². The summed E-state index contributed by atoms with van der Waals surface area (Å²) >= 11 is 0. The van der Waals surface area contributed by atoms with E-state index in [2.05, 4.69) is 10.4 Å². The van der Waals surface area contributed by atoms with Gasteiger partial charge in [0, 0.05) is 17.5 Å². The summed E-state index contributed by atoms with van der Waals surface area (Å²) in [6.07, 6.45) is 2.04. The Morgan fingerprint density at radius 3 is 2.83 bits per heavy atom. The van der Waals surface area contributed by atoms with Gasteiger partial charge in [0.25, 0.3) is 5.91 Å². The van der Waals surface area contributed by atoms with Gasteiger partial charge in [-0.05, 0) is 42.5 Å². The third kappa shape index (κ3) is 3.45. The van der Waals surface area contributed by atoms with E-state index in [0.29, 0.717) is 29.3 Å². The summed E-state index contributed by atoms with van der Waals surface area (Å²) in [5.41, 5.74) is 1.97. The summed E-state index contributed by atoms with van der Waals surface area (Å²) in [4.78, 5) is 12.9. The van der Waals surface area contributed by atoms with Crippen molar-refractivity contribution in [3.63, 3.8) is 0 Å².